The molecule has 14 heavy (non-hydrogen) atoms. The zero-order valence-corrected chi connectivity index (χ0v) is 9.11. The zero-order valence-electron chi connectivity index (χ0n) is 6.77. The highest BCUT2D eigenvalue weighted by Crippen LogP contribution is 2.34. The molecule has 1 heterocycles. The van der Waals surface area contributed by atoms with E-state index >= 15 is 0 Å². The van der Waals surface area contributed by atoms with Gasteiger partial charge in [0.25, 0.3) is 6.43 Å². The average Bonchev–Trinajstić information content (AvgIpc) is 2.10. The fourth-order valence-electron chi connectivity index (χ4n) is 0.919. The molecule has 0 saturated heterocycles. The topological polar surface area (TPSA) is 36.7 Å². The maximum atomic E-state index is 12.5. The van der Waals surface area contributed by atoms with Crippen LogP contribution < -0.4 is 0 Å². The largest absolute Gasteiger partial charge is 0.267 e. The van der Waals surface area contributed by atoms with E-state index in [1.54, 1.807) is 0 Å². The SMILES string of the molecule is N#CCc1cnc(Cl)c(C(F)F)c1Br. The third-order valence-corrected chi connectivity index (χ3v) is 2.80. The van der Waals surface area contributed by atoms with Crippen molar-refractivity contribution in [2.24, 2.45) is 0 Å². The molecule has 0 fully saturated rings. The van der Waals surface area contributed by atoms with Crippen LogP contribution in [0.3, 0.4) is 0 Å². The zero-order chi connectivity index (χ0) is 10.7. The van der Waals surface area contributed by atoms with E-state index in [0.29, 0.717) is 5.56 Å². The van der Waals surface area contributed by atoms with Crippen molar-refractivity contribution in [1.29, 1.82) is 5.26 Å². The van der Waals surface area contributed by atoms with Gasteiger partial charge in [0, 0.05) is 10.7 Å². The van der Waals surface area contributed by atoms with Crippen molar-refractivity contribution >= 4 is 27.5 Å². The second-order valence-corrected chi connectivity index (χ2v) is 3.59. The van der Waals surface area contributed by atoms with Crippen LogP contribution in [0.1, 0.15) is 17.6 Å². The van der Waals surface area contributed by atoms with Crippen molar-refractivity contribution < 1.29 is 8.78 Å². The number of hydrogen-bond acceptors (Lipinski definition) is 2. The summed E-state index contributed by atoms with van der Waals surface area (Å²) in [6.45, 7) is 0. The van der Waals surface area contributed by atoms with Crippen LogP contribution in [0.25, 0.3) is 0 Å². The third kappa shape index (κ3) is 2.20. The second-order valence-electron chi connectivity index (χ2n) is 2.44. The first-order chi connectivity index (χ1) is 6.57. The molecule has 2 nitrogen and oxygen atoms in total. The van der Waals surface area contributed by atoms with Crippen molar-refractivity contribution in [3.05, 3.63) is 26.9 Å². The summed E-state index contributed by atoms with van der Waals surface area (Å²) in [5.41, 5.74) is 0.0478. The van der Waals surface area contributed by atoms with E-state index in [2.05, 4.69) is 20.9 Å². The first-order valence-electron chi connectivity index (χ1n) is 3.55. The first-order valence-corrected chi connectivity index (χ1v) is 4.73. The monoisotopic (exact) mass is 280 g/mol. The van der Waals surface area contributed by atoms with Crippen molar-refractivity contribution in [3.63, 3.8) is 0 Å². The van der Waals surface area contributed by atoms with E-state index in [4.69, 9.17) is 16.9 Å². The second kappa shape index (κ2) is 4.67. The molecule has 1 aromatic rings. The number of halogens is 4. The van der Waals surface area contributed by atoms with Crippen molar-refractivity contribution in [2.45, 2.75) is 12.8 Å². The first kappa shape index (κ1) is 11.3. The van der Waals surface area contributed by atoms with Crippen LogP contribution in [0.15, 0.2) is 10.7 Å². The predicted molar refractivity (Wildman–Crippen MR) is 51.2 cm³/mol. The van der Waals surface area contributed by atoms with Gasteiger partial charge in [0.2, 0.25) is 0 Å². The Morgan fingerprint density at radius 1 is 1.64 bits per heavy atom. The van der Waals surface area contributed by atoms with Gasteiger partial charge in [-0.3, -0.25) is 0 Å². The van der Waals surface area contributed by atoms with Crippen molar-refractivity contribution in [1.82, 2.24) is 4.98 Å². The predicted octanol–water partition coefficient (Wildman–Crippen LogP) is 3.50. The van der Waals surface area contributed by atoms with Gasteiger partial charge in [-0.15, -0.1) is 0 Å². The molecule has 0 aliphatic carbocycles. The highest BCUT2D eigenvalue weighted by Gasteiger charge is 2.19. The van der Waals surface area contributed by atoms with E-state index in [-0.39, 0.29) is 21.6 Å². The molecule has 0 atom stereocenters. The Kier molecular flexibility index (Phi) is 3.78. The Morgan fingerprint density at radius 2 is 2.29 bits per heavy atom. The molecular formula is C8H4BrClF2N2. The maximum absolute atomic E-state index is 12.5. The van der Waals surface area contributed by atoms with E-state index in [0.717, 1.165) is 0 Å². The van der Waals surface area contributed by atoms with E-state index in [1.165, 1.54) is 6.20 Å². The lowest BCUT2D eigenvalue weighted by Crippen LogP contribution is -1.96. The van der Waals surface area contributed by atoms with E-state index < -0.39 is 6.43 Å². The summed E-state index contributed by atoms with van der Waals surface area (Å²) in [5.74, 6) is 0. The van der Waals surface area contributed by atoms with Crippen LogP contribution >= 0.6 is 27.5 Å². The smallest absolute Gasteiger partial charge is 0.244 e. The summed E-state index contributed by atoms with van der Waals surface area (Å²) in [6.07, 6.45) is -1.38. The van der Waals surface area contributed by atoms with Crippen LogP contribution in [0.2, 0.25) is 5.15 Å². The number of nitriles is 1. The maximum Gasteiger partial charge on any atom is 0.267 e. The Labute approximate surface area is 92.6 Å². The fourth-order valence-corrected chi connectivity index (χ4v) is 1.86. The fraction of sp³-hybridized carbons (Fsp3) is 0.250. The number of rotatable bonds is 2. The molecule has 0 aromatic carbocycles. The molecular weight excluding hydrogens is 277 g/mol. The minimum absolute atomic E-state index is 0.0183. The summed E-state index contributed by atoms with van der Waals surface area (Å²) in [4.78, 5) is 3.58. The molecule has 0 spiro atoms. The van der Waals surface area contributed by atoms with Gasteiger partial charge >= 0.3 is 0 Å². The Balaban J connectivity index is 3.28. The normalized spacial score (nSPS) is 10.3. The highest BCUT2D eigenvalue weighted by atomic mass is 79.9. The van der Waals surface area contributed by atoms with E-state index in [9.17, 15) is 8.78 Å². The molecule has 74 valence electrons. The Hall–Kier alpha value is -0.730. The van der Waals surface area contributed by atoms with Crippen LogP contribution in [0, 0.1) is 11.3 Å². The Morgan fingerprint density at radius 3 is 2.79 bits per heavy atom. The van der Waals surface area contributed by atoms with Crippen molar-refractivity contribution in [3.8, 4) is 6.07 Å². The lowest BCUT2D eigenvalue weighted by atomic mass is 10.1. The lowest BCUT2D eigenvalue weighted by molar-refractivity contribution is 0.150. The molecule has 0 aliphatic rings. The number of hydrogen-bond donors (Lipinski definition) is 0. The third-order valence-electron chi connectivity index (χ3n) is 1.56. The van der Waals surface area contributed by atoms with Gasteiger partial charge in [0.15, 0.2) is 0 Å². The molecule has 6 heteroatoms. The molecule has 0 N–H and O–H groups in total. The summed E-state index contributed by atoms with van der Waals surface area (Å²) in [7, 11) is 0. The van der Waals surface area contributed by atoms with Crippen LogP contribution in [-0.4, -0.2) is 4.98 Å². The van der Waals surface area contributed by atoms with Gasteiger partial charge in [-0.1, -0.05) is 11.6 Å². The number of pyridine rings is 1. The summed E-state index contributed by atoms with van der Waals surface area (Å²) >= 11 is 8.47. The molecule has 0 saturated carbocycles. The molecule has 1 aromatic heterocycles. The molecule has 0 radical (unpaired) electrons. The van der Waals surface area contributed by atoms with Crippen LogP contribution in [0.4, 0.5) is 8.78 Å². The number of nitrogens with zero attached hydrogens (tertiary/aromatic N) is 2. The molecule has 0 aliphatic heterocycles. The Bertz CT molecular complexity index is 390. The minimum atomic E-state index is -2.71. The van der Waals surface area contributed by atoms with Crippen LogP contribution in [-0.2, 0) is 6.42 Å². The number of alkyl halides is 2. The van der Waals surface area contributed by atoms with Gasteiger partial charge in [-0.2, -0.15) is 5.26 Å². The van der Waals surface area contributed by atoms with Gasteiger partial charge in [0.05, 0.1) is 18.1 Å². The average molecular weight is 281 g/mol. The van der Waals surface area contributed by atoms with Crippen molar-refractivity contribution in [2.75, 3.05) is 0 Å². The quantitative estimate of drug-likeness (QED) is 0.778. The highest BCUT2D eigenvalue weighted by molar-refractivity contribution is 9.10. The summed E-state index contributed by atoms with van der Waals surface area (Å²) in [6, 6.07) is 1.85. The molecule has 0 unspecified atom stereocenters. The number of aromatic nitrogens is 1. The van der Waals surface area contributed by atoms with Gasteiger partial charge in [-0.05, 0) is 21.5 Å². The summed E-state index contributed by atoms with van der Waals surface area (Å²) in [5, 5.41) is 8.18. The van der Waals surface area contributed by atoms with E-state index in [1.807, 2.05) is 6.07 Å². The molecule has 1 rings (SSSR count). The standard InChI is InChI=1S/C8H4BrClF2N2/c9-6-4(1-2-13)3-14-7(10)5(6)8(11)12/h3,8H,1H2. The van der Waals surface area contributed by atoms with Gasteiger partial charge in [-0.25, -0.2) is 13.8 Å². The minimum Gasteiger partial charge on any atom is -0.244 e. The lowest BCUT2D eigenvalue weighted by Gasteiger charge is -2.07. The van der Waals surface area contributed by atoms with Gasteiger partial charge < -0.3 is 0 Å². The molecule has 0 amide bonds. The van der Waals surface area contributed by atoms with Gasteiger partial charge in [0.1, 0.15) is 5.15 Å². The summed E-state index contributed by atoms with van der Waals surface area (Å²) < 4.78 is 25.1. The van der Waals surface area contributed by atoms with Crippen LogP contribution in [0.5, 0.6) is 0 Å². The molecule has 0 bridgehead atoms.